The van der Waals surface area contributed by atoms with Crippen molar-refractivity contribution in [2.75, 3.05) is 17.2 Å². The number of nitrogens with zero attached hydrogens (tertiary/aromatic N) is 3. The van der Waals surface area contributed by atoms with Crippen LogP contribution in [0.2, 0.25) is 0 Å². The van der Waals surface area contributed by atoms with Crippen LogP contribution in [0.25, 0.3) is 10.8 Å². The molecule has 1 aliphatic rings. The highest BCUT2D eigenvalue weighted by Gasteiger charge is 2.18. The van der Waals surface area contributed by atoms with Gasteiger partial charge in [-0.3, -0.25) is 4.79 Å². The average molecular weight is 394 g/mol. The molecule has 2 N–H and O–H groups in total. The molecule has 4 rings (SSSR count). The molecule has 28 heavy (non-hydrogen) atoms. The first-order valence-corrected chi connectivity index (χ1v) is 10.4. The number of rotatable bonds is 6. The lowest BCUT2D eigenvalue weighted by atomic mass is 10.1. The molecule has 3 aromatic rings. The summed E-state index contributed by atoms with van der Waals surface area (Å²) in [6.45, 7) is 2.85. The van der Waals surface area contributed by atoms with Gasteiger partial charge < -0.3 is 10.6 Å². The number of thiazole rings is 1. The molecule has 0 aliphatic heterocycles. The predicted octanol–water partition coefficient (Wildman–Crippen LogP) is 4.76. The lowest BCUT2D eigenvalue weighted by Crippen LogP contribution is -2.12. The largest absolute Gasteiger partial charge is 0.385 e. The summed E-state index contributed by atoms with van der Waals surface area (Å²) in [7, 11) is 0. The molecule has 1 amide bonds. The molecule has 1 aromatic carbocycles. The molecule has 7 heteroatoms. The maximum atomic E-state index is 12.7. The van der Waals surface area contributed by atoms with Gasteiger partial charge in [0.2, 0.25) is 0 Å². The molecular formula is C21H23N5OS. The maximum absolute atomic E-state index is 12.7. The summed E-state index contributed by atoms with van der Waals surface area (Å²) >= 11 is 1.30. The number of benzene rings is 1. The van der Waals surface area contributed by atoms with Crippen LogP contribution < -0.4 is 10.6 Å². The number of carbonyl (C=O) groups excluding carboxylic acids is 1. The van der Waals surface area contributed by atoms with Crippen LogP contribution in [0.5, 0.6) is 0 Å². The molecule has 0 bridgehead atoms. The minimum atomic E-state index is -0.163. The van der Waals surface area contributed by atoms with E-state index in [4.69, 9.17) is 0 Å². The number of carbonyl (C=O) groups is 1. The Morgan fingerprint density at radius 3 is 2.50 bits per heavy atom. The minimum absolute atomic E-state index is 0.163. The van der Waals surface area contributed by atoms with Crippen molar-refractivity contribution >= 4 is 28.6 Å². The van der Waals surface area contributed by atoms with Crippen molar-refractivity contribution in [3.63, 3.8) is 0 Å². The van der Waals surface area contributed by atoms with Gasteiger partial charge >= 0.3 is 0 Å². The third-order valence-electron chi connectivity index (χ3n) is 4.97. The van der Waals surface area contributed by atoms with Gasteiger partial charge in [0.1, 0.15) is 4.88 Å². The quantitative estimate of drug-likeness (QED) is 0.631. The molecule has 6 nitrogen and oxygen atoms in total. The molecule has 0 atom stereocenters. The molecule has 2 aromatic heterocycles. The van der Waals surface area contributed by atoms with Crippen molar-refractivity contribution in [2.45, 2.75) is 32.6 Å². The Morgan fingerprint density at radius 2 is 1.79 bits per heavy atom. The minimum Gasteiger partial charge on any atom is -0.385 e. The van der Waals surface area contributed by atoms with E-state index in [-0.39, 0.29) is 5.91 Å². The van der Waals surface area contributed by atoms with Crippen molar-refractivity contribution in [1.29, 1.82) is 0 Å². The number of aromatic nitrogens is 3. The first-order valence-electron chi connectivity index (χ1n) is 9.59. The van der Waals surface area contributed by atoms with Gasteiger partial charge in [0.25, 0.3) is 5.91 Å². The van der Waals surface area contributed by atoms with Crippen molar-refractivity contribution in [1.82, 2.24) is 15.0 Å². The third kappa shape index (κ3) is 4.36. The Morgan fingerprint density at radius 1 is 1.11 bits per heavy atom. The van der Waals surface area contributed by atoms with E-state index in [2.05, 4.69) is 25.6 Å². The summed E-state index contributed by atoms with van der Waals surface area (Å²) in [5.41, 5.74) is 2.53. The topological polar surface area (TPSA) is 79.8 Å². The molecule has 0 saturated heterocycles. The fraction of sp³-hybridized carbons (Fsp3) is 0.333. The van der Waals surface area contributed by atoms with Gasteiger partial charge in [-0.1, -0.05) is 12.8 Å². The molecular weight excluding hydrogens is 370 g/mol. The SMILES string of the molecule is Cc1nc(-c2ncccn2)sc1C(=O)Nc1ccc(NCC2CCCC2)cc1. The molecule has 1 fully saturated rings. The van der Waals surface area contributed by atoms with Crippen LogP contribution in [0.3, 0.4) is 0 Å². The lowest BCUT2D eigenvalue weighted by molar-refractivity contribution is 0.103. The molecule has 144 valence electrons. The van der Waals surface area contributed by atoms with Gasteiger partial charge in [0, 0.05) is 30.3 Å². The fourth-order valence-corrected chi connectivity index (χ4v) is 4.36. The Balaban J connectivity index is 1.39. The monoisotopic (exact) mass is 393 g/mol. The van der Waals surface area contributed by atoms with Crippen molar-refractivity contribution in [3.05, 3.63) is 53.3 Å². The zero-order valence-corrected chi connectivity index (χ0v) is 16.6. The Kier molecular flexibility index (Phi) is 5.62. The van der Waals surface area contributed by atoms with Crippen molar-refractivity contribution in [3.8, 4) is 10.8 Å². The van der Waals surface area contributed by atoms with E-state index < -0.39 is 0 Å². The van der Waals surface area contributed by atoms with Gasteiger partial charge in [-0.15, -0.1) is 11.3 Å². The normalized spacial score (nSPS) is 14.2. The summed E-state index contributed by atoms with van der Waals surface area (Å²) in [4.78, 5) is 26.1. The molecule has 2 heterocycles. The second-order valence-corrected chi connectivity index (χ2v) is 8.07. The van der Waals surface area contributed by atoms with Gasteiger partial charge in [-0.2, -0.15) is 0 Å². The number of hydrogen-bond donors (Lipinski definition) is 2. The summed E-state index contributed by atoms with van der Waals surface area (Å²) in [6, 6.07) is 9.61. The fourth-order valence-electron chi connectivity index (χ4n) is 3.45. The van der Waals surface area contributed by atoms with Crippen molar-refractivity contribution in [2.24, 2.45) is 5.92 Å². The number of nitrogens with one attached hydrogen (secondary N) is 2. The van der Waals surface area contributed by atoms with E-state index in [0.29, 0.717) is 21.4 Å². The van der Waals surface area contributed by atoms with Crippen molar-refractivity contribution < 1.29 is 4.79 Å². The predicted molar refractivity (Wildman–Crippen MR) is 113 cm³/mol. The highest BCUT2D eigenvalue weighted by atomic mass is 32.1. The molecule has 0 unspecified atom stereocenters. The van der Waals surface area contributed by atoms with Gasteiger partial charge in [-0.25, -0.2) is 15.0 Å². The molecule has 1 saturated carbocycles. The first kappa shape index (κ1) is 18.6. The second kappa shape index (κ2) is 8.48. The van der Waals surface area contributed by atoms with E-state index in [1.54, 1.807) is 18.5 Å². The van der Waals surface area contributed by atoms with Gasteiger partial charge in [-0.05, 0) is 56.0 Å². The highest BCUT2D eigenvalue weighted by Crippen LogP contribution is 2.27. The summed E-state index contributed by atoms with van der Waals surface area (Å²) < 4.78 is 0. The van der Waals surface area contributed by atoms with Crippen LogP contribution in [0.1, 0.15) is 41.0 Å². The van der Waals surface area contributed by atoms with E-state index >= 15 is 0 Å². The maximum Gasteiger partial charge on any atom is 0.267 e. The van der Waals surface area contributed by atoms with E-state index in [1.807, 2.05) is 31.2 Å². The van der Waals surface area contributed by atoms with Crippen LogP contribution in [-0.4, -0.2) is 27.4 Å². The Labute approximate surface area is 168 Å². The summed E-state index contributed by atoms with van der Waals surface area (Å²) in [6.07, 6.45) is 8.69. The number of anilines is 2. The van der Waals surface area contributed by atoms with Gasteiger partial charge in [0.05, 0.1) is 5.69 Å². The lowest BCUT2D eigenvalue weighted by Gasteiger charge is -2.12. The average Bonchev–Trinajstić information content (AvgIpc) is 3.38. The summed E-state index contributed by atoms with van der Waals surface area (Å²) in [5.74, 6) is 1.16. The number of amides is 1. The number of hydrogen-bond acceptors (Lipinski definition) is 6. The van der Waals surface area contributed by atoms with E-state index in [0.717, 1.165) is 23.8 Å². The molecule has 0 spiro atoms. The number of aryl methyl sites for hydroxylation is 1. The van der Waals surface area contributed by atoms with Crippen LogP contribution >= 0.6 is 11.3 Å². The smallest absolute Gasteiger partial charge is 0.267 e. The van der Waals surface area contributed by atoms with E-state index in [1.165, 1.54) is 37.0 Å². The zero-order valence-electron chi connectivity index (χ0n) is 15.8. The zero-order chi connectivity index (χ0) is 19.3. The summed E-state index contributed by atoms with van der Waals surface area (Å²) in [5, 5.41) is 7.09. The van der Waals surface area contributed by atoms with E-state index in [9.17, 15) is 4.79 Å². The third-order valence-corrected chi connectivity index (χ3v) is 6.12. The van der Waals surface area contributed by atoms with Crippen LogP contribution in [0.15, 0.2) is 42.7 Å². The Bertz CT molecular complexity index is 933. The standard InChI is InChI=1S/C21H23N5OS/c1-14-18(28-21(25-14)19-22-11-4-12-23-19)20(27)26-17-9-7-16(8-10-17)24-13-15-5-2-3-6-15/h4,7-12,15,24H,2-3,5-6,13H2,1H3,(H,26,27). The second-order valence-electron chi connectivity index (χ2n) is 7.07. The highest BCUT2D eigenvalue weighted by molar-refractivity contribution is 7.17. The molecule has 0 radical (unpaired) electrons. The molecule has 1 aliphatic carbocycles. The van der Waals surface area contributed by atoms with Crippen LogP contribution in [-0.2, 0) is 0 Å². The van der Waals surface area contributed by atoms with Crippen LogP contribution in [0.4, 0.5) is 11.4 Å². The van der Waals surface area contributed by atoms with Gasteiger partial charge in [0.15, 0.2) is 10.8 Å². The van der Waals surface area contributed by atoms with Crippen LogP contribution in [0, 0.1) is 12.8 Å². The first-order chi connectivity index (χ1) is 13.7. The Hall–Kier alpha value is -2.80.